The van der Waals surface area contributed by atoms with Crippen molar-refractivity contribution in [2.45, 2.75) is 13.5 Å². The van der Waals surface area contributed by atoms with E-state index in [1.807, 2.05) is 41.8 Å². The lowest BCUT2D eigenvalue weighted by molar-refractivity contribution is 0.0698. The molecule has 1 amide bonds. The van der Waals surface area contributed by atoms with E-state index in [-0.39, 0.29) is 16.8 Å². The number of nitrogens with one attached hydrogen (secondary N) is 2. The number of benzene rings is 2. The van der Waals surface area contributed by atoms with Crippen molar-refractivity contribution in [1.29, 1.82) is 5.26 Å². The number of carbonyl (C=O) groups excluding carboxylic acids is 1. The first kappa shape index (κ1) is 19.2. The molecule has 1 aromatic heterocycles. The summed E-state index contributed by atoms with van der Waals surface area (Å²) in [5.74, 6) is -1.65. The fourth-order valence-electron chi connectivity index (χ4n) is 3.55. The van der Waals surface area contributed by atoms with Gasteiger partial charge in [0.25, 0.3) is 5.91 Å². The minimum Gasteiger partial charge on any atom is -0.478 e. The van der Waals surface area contributed by atoms with Crippen LogP contribution in [0.1, 0.15) is 38.9 Å². The Bertz CT molecular complexity index is 1250. The molecule has 8 nitrogen and oxygen atoms in total. The van der Waals surface area contributed by atoms with Crippen LogP contribution in [-0.4, -0.2) is 28.2 Å². The van der Waals surface area contributed by atoms with E-state index in [0.717, 1.165) is 22.2 Å². The van der Waals surface area contributed by atoms with Crippen molar-refractivity contribution in [3.05, 3.63) is 70.9 Å². The van der Waals surface area contributed by atoms with Gasteiger partial charge in [-0.3, -0.25) is 15.1 Å². The van der Waals surface area contributed by atoms with E-state index in [2.05, 4.69) is 10.8 Å². The monoisotopic (exact) mass is 402 g/mol. The molecule has 0 saturated heterocycles. The highest BCUT2D eigenvalue weighted by atomic mass is 16.6. The molecule has 1 aliphatic heterocycles. The van der Waals surface area contributed by atoms with Crippen molar-refractivity contribution in [2.24, 2.45) is 0 Å². The number of nitriles is 1. The van der Waals surface area contributed by atoms with E-state index in [4.69, 9.17) is 10.1 Å². The molecule has 4 rings (SSSR count). The average Bonchev–Trinajstić information content (AvgIpc) is 3.14. The van der Waals surface area contributed by atoms with Gasteiger partial charge >= 0.3 is 5.97 Å². The summed E-state index contributed by atoms with van der Waals surface area (Å²) >= 11 is 0. The predicted octanol–water partition coefficient (Wildman–Crippen LogP) is 3.36. The summed E-state index contributed by atoms with van der Waals surface area (Å²) in [5, 5.41) is 22.0. The molecular formula is C22H18N4O4. The highest BCUT2D eigenvalue weighted by molar-refractivity contribution is 6.10. The summed E-state index contributed by atoms with van der Waals surface area (Å²) in [7, 11) is 0. The number of hydrogen-bond acceptors (Lipinski definition) is 5. The molecule has 1 aliphatic rings. The molecule has 2 aromatic carbocycles. The number of carbonyl (C=O) groups is 2. The normalized spacial score (nSPS) is 12.2. The number of allylic oxidation sites excluding steroid dienone is 1. The Morgan fingerprint density at radius 3 is 2.83 bits per heavy atom. The number of anilines is 1. The Labute approximate surface area is 171 Å². The Kier molecular flexibility index (Phi) is 4.96. The average molecular weight is 402 g/mol. The van der Waals surface area contributed by atoms with Gasteiger partial charge in [0.1, 0.15) is 5.69 Å². The molecule has 0 bridgehead atoms. The summed E-state index contributed by atoms with van der Waals surface area (Å²) in [5.41, 5.74) is 6.19. The zero-order valence-corrected chi connectivity index (χ0v) is 16.1. The highest BCUT2D eigenvalue weighted by Crippen LogP contribution is 2.31. The van der Waals surface area contributed by atoms with Gasteiger partial charge in [0, 0.05) is 17.5 Å². The number of rotatable bonds is 6. The Balaban J connectivity index is 1.71. The van der Waals surface area contributed by atoms with Gasteiger partial charge in [0.05, 0.1) is 40.7 Å². The Morgan fingerprint density at radius 2 is 2.10 bits per heavy atom. The predicted molar refractivity (Wildman–Crippen MR) is 111 cm³/mol. The summed E-state index contributed by atoms with van der Waals surface area (Å²) in [4.78, 5) is 29.9. The van der Waals surface area contributed by atoms with Gasteiger partial charge in [-0.1, -0.05) is 18.2 Å². The molecule has 0 aliphatic carbocycles. The minimum atomic E-state index is -1.22. The van der Waals surface area contributed by atoms with Crippen molar-refractivity contribution in [1.82, 2.24) is 10.0 Å². The van der Waals surface area contributed by atoms with Crippen molar-refractivity contribution in [3.63, 3.8) is 0 Å². The number of carboxylic acids is 1. The lowest BCUT2D eigenvalue weighted by atomic mass is 10.1. The molecule has 3 N–H and O–H groups in total. The number of carboxylic acid groups (broad SMARTS) is 1. The number of para-hydroxylation sites is 1. The summed E-state index contributed by atoms with van der Waals surface area (Å²) in [6, 6.07) is 13.6. The maximum absolute atomic E-state index is 13.0. The lowest BCUT2D eigenvalue weighted by Crippen LogP contribution is -2.21. The number of amides is 1. The van der Waals surface area contributed by atoms with E-state index < -0.39 is 11.9 Å². The van der Waals surface area contributed by atoms with E-state index in [0.29, 0.717) is 18.8 Å². The number of aromatic carboxylic acids is 1. The second kappa shape index (κ2) is 7.73. The maximum atomic E-state index is 13.0. The van der Waals surface area contributed by atoms with E-state index in [1.165, 1.54) is 18.2 Å². The number of aromatic nitrogens is 1. The zero-order chi connectivity index (χ0) is 21.3. The maximum Gasteiger partial charge on any atom is 0.337 e. The lowest BCUT2D eigenvalue weighted by Gasteiger charge is -2.19. The van der Waals surface area contributed by atoms with Crippen LogP contribution in [0.2, 0.25) is 0 Å². The topological polar surface area (TPSA) is 116 Å². The number of nitrogens with zero attached hydrogens (tertiary/aromatic N) is 2. The van der Waals surface area contributed by atoms with Crippen LogP contribution in [0.15, 0.2) is 48.5 Å². The van der Waals surface area contributed by atoms with Gasteiger partial charge in [-0.15, -0.1) is 0 Å². The molecule has 0 fully saturated rings. The van der Waals surface area contributed by atoms with E-state index in [9.17, 15) is 14.7 Å². The second-order valence-electron chi connectivity index (χ2n) is 6.67. The molecule has 0 atom stereocenters. The molecule has 0 saturated carbocycles. The molecule has 2 heterocycles. The fraction of sp³-hybridized carbons (Fsp3) is 0.136. The van der Waals surface area contributed by atoms with Gasteiger partial charge < -0.3 is 15.0 Å². The Hall–Kier alpha value is -4.09. The molecule has 0 spiro atoms. The van der Waals surface area contributed by atoms with Gasteiger partial charge in [-0.25, -0.2) is 4.79 Å². The molecule has 0 radical (unpaired) electrons. The van der Waals surface area contributed by atoms with Crippen LogP contribution in [0.25, 0.3) is 16.6 Å². The number of hydroxylamine groups is 1. The Morgan fingerprint density at radius 1 is 1.27 bits per heavy atom. The van der Waals surface area contributed by atoms with Crippen molar-refractivity contribution < 1.29 is 19.5 Å². The quantitative estimate of drug-likeness (QED) is 0.545. The smallest absolute Gasteiger partial charge is 0.337 e. The second-order valence-corrected chi connectivity index (χ2v) is 6.67. The van der Waals surface area contributed by atoms with Crippen LogP contribution in [0.4, 0.5) is 5.69 Å². The van der Waals surface area contributed by atoms with Gasteiger partial charge in [0.15, 0.2) is 0 Å². The summed E-state index contributed by atoms with van der Waals surface area (Å²) in [6.07, 6.45) is 1.93. The van der Waals surface area contributed by atoms with E-state index >= 15 is 0 Å². The third kappa shape index (κ3) is 3.27. The largest absolute Gasteiger partial charge is 0.478 e. The SMILES string of the molecule is CCONC1=CCn2c(C(=O)Nc3ccc(C#N)cc3C(=O)O)cc3cccc1c32. The van der Waals surface area contributed by atoms with Gasteiger partial charge in [-0.2, -0.15) is 5.26 Å². The molecule has 0 unspecified atom stereocenters. The molecule has 3 aromatic rings. The third-order valence-corrected chi connectivity index (χ3v) is 4.87. The van der Waals surface area contributed by atoms with Gasteiger partial charge in [-0.05, 0) is 37.3 Å². The van der Waals surface area contributed by atoms with Crippen molar-refractivity contribution in [2.75, 3.05) is 11.9 Å². The van der Waals surface area contributed by atoms with Crippen molar-refractivity contribution >= 4 is 34.2 Å². The van der Waals surface area contributed by atoms with E-state index in [1.54, 1.807) is 6.07 Å². The highest BCUT2D eigenvalue weighted by Gasteiger charge is 2.23. The van der Waals surface area contributed by atoms with Crippen LogP contribution in [-0.2, 0) is 11.4 Å². The first-order valence-corrected chi connectivity index (χ1v) is 9.33. The first-order chi connectivity index (χ1) is 14.5. The van der Waals surface area contributed by atoms with Crippen LogP contribution in [0.3, 0.4) is 0 Å². The molecular weight excluding hydrogens is 384 g/mol. The minimum absolute atomic E-state index is 0.134. The summed E-state index contributed by atoms with van der Waals surface area (Å²) < 4.78 is 1.88. The first-order valence-electron chi connectivity index (χ1n) is 9.33. The zero-order valence-electron chi connectivity index (χ0n) is 16.1. The molecule has 8 heteroatoms. The third-order valence-electron chi connectivity index (χ3n) is 4.87. The van der Waals surface area contributed by atoms with Crippen LogP contribution in [0.5, 0.6) is 0 Å². The van der Waals surface area contributed by atoms with Crippen LogP contribution in [0, 0.1) is 11.3 Å². The number of hydrogen-bond donors (Lipinski definition) is 3. The summed E-state index contributed by atoms with van der Waals surface area (Å²) in [6.45, 7) is 2.85. The van der Waals surface area contributed by atoms with Crippen LogP contribution >= 0.6 is 0 Å². The molecule has 30 heavy (non-hydrogen) atoms. The fourth-order valence-corrected chi connectivity index (χ4v) is 3.55. The standard InChI is InChI=1S/C22H18N4O4/c1-2-30-25-18-8-9-26-19(11-14-4-3-5-15(18)20(14)26)21(27)24-17-7-6-13(12-23)10-16(17)22(28)29/h3-8,10-11,25H,2,9H2,1H3,(H,24,27)(H,28,29). The van der Waals surface area contributed by atoms with Crippen molar-refractivity contribution in [3.8, 4) is 6.07 Å². The van der Waals surface area contributed by atoms with Crippen LogP contribution < -0.4 is 10.8 Å². The molecule has 150 valence electrons. The van der Waals surface area contributed by atoms with Gasteiger partial charge in [0.2, 0.25) is 0 Å².